The molecule has 0 spiro atoms. The molecule has 2 N–H and O–H groups in total. The monoisotopic (exact) mass is 173 g/mol. The Balaban J connectivity index is 2.48. The number of nitrogens with two attached hydrogens (primary N) is 1. The Labute approximate surface area is 69.8 Å². The molecule has 0 aromatic carbocycles. The highest BCUT2D eigenvalue weighted by Gasteiger charge is 2.42. The normalized spacial score (nSPS) is 30.2. The molecule has 1 fully saturated rings. The van der Waals surface area contributed by atoms with Gasteiger partial charge in [-0.15, -0.1) is 0 Å². The van der Waals surface area contributed by atoms with Crippen LogP contribution in [0.25, 0.3) is 0 Å². The molecule has 3 unspecified atom stereocenters. The molecule has 0 aromatic heterocycles. The maximum absolute atomic E-state index is 11.0. The lowest BCUT2D eigenvalue weighted by Gasteiger charge is -2.36. The zero-order valence-corrected chi connectivity index (χ0v) is 6.73. The van der Waals surface area contributed by atoms with Gasteiger partial charge in [-0.2, -0.15) is 0 Å². The first kappa shape index (κ1) is 9.15. The third kappa shape index (κ3) is 1.46. The highest BCUT2D eigenvalue weighted by Crippen LogP contribution is 2.23. The van der Waals surface area contributed by atoms with E-state index in [2.05, 4.69) is 4.74 Å². The average molecular weight is 173 g/mol. The van der Waals surface area contributed by atoms with Crippen LogP contribution in [0, 0.1) is 5.92 Å². The smallest absolute Gasteiger partial charge is 0.313 e. The molecular formula is C7H11NO4. The van der Waals surface area contributed by atoms with E-state index in [-0.39, 0.29) is 11.9 Å². The van der Waals surface area contributed by atoms with E-state index in [0.717, 1.165) is 0 Å². The van der Waals surface area contributed by atoms with Gasteiger partial charge in [-0.25, -0.2) is 0 Å². The topological polar surface area (TPSA) is 78.6 Å². The molecule has 68 valence electrons. The first-order chi connectivity index (χ1) is 5.70. The third-order valence-corrected chi connectivity index (χ3v) is 1.91. The highest BCUT2D eigenvalue weighted by atomic mass is 16.5. The van der Waals surface area contributed by atoms with E-state index in [1.165, 1.54) is 7.11 Å². The molecule has 12 heavy (non-hydrogen) atoms. The molecule has 0 aliphatic carbocycles. The van der Waals surface area contributed by atoms with Gasteiger partial charge in [0.25, 0.3) is 0 Å². The van der Waals surface area contributed by atoms with Crippen LogP contribution in [0.5, 0.6) is 0 Å². The number of methoxy groups -OCH3 is 1. The van der Waals surface area contributed by atoms with E-state index in [0.29, 0.717) is 12.9 Å². The summed E-state index contributed by atoms with van der Waals surface area (Å²) in [6.45, 7) is 0.291. The van der Waals surface area contributed by atoms with E-state index in [4.69, 9.17) is 10.5 Å². The Bertz CT molecular complexity index is 194. The number of hydrogen-bond acceptors (Lipinski definition) is 5. The molecular weight excluding hydrogens is 162 g/mol. The predicted molar refractivity (Wildman–Crippen MR) is 39.3 cm³/mol. The first-order valence-corrected chi connectivity index (χ1v) is 3.61. The minimum absolute atomic E-state index is 0.291. The summed E-state index contributed by atoms with van der Waals surface area (Å²) >= 11 is 0. The second-order valence-corrected chi connectivity index (χ2v) is 2.64. The van der Waals surface area contributed by atoms with Gasteiger partial charge >= 0.3 is 5.97 Å². The molecule has 3 atom stereocenters. The van der Waals surface area contributed by atoms with Crippen molar-refractivity contribution in [3.05, 3.63) is 0 Å². The summed E-state index contributed by atoms with van der Waals surface area (Å²) in [4.78, 5) is 21.2. The van der Waals surface area contributed by atoms with E-state index in [1.54, 1.807) is 0 Å². The van der Waals surface area contributed by atoms with Crippen molar-refractivity contribution in [2.75, 3.05) is 13.7 Å². The Morgan fingerprint density at radius 2 is 2.50 bits per heavy atom. The number of aldehydes is 1. The summed E-state index contributed by atoms with van der Waals surface area (Å²) in [6.07, 6.45) is 0.0645. The Hall–Kier alpha value is -0.940. The van der Waals surface area contributed by atoms with E-state index in [9.17, 15) is 9.59 Å². The molecule has 5 nitrogen and oxygen atoms in total. The van der Waals surface area contributed by atoms with Crippen molar-refractivity contribution in [2.45, 2.75) is 12.1 Å². The Morgan fingerprint density at radius 3 is 2.83 bits per heavy atom. The van der Waals surface area contributed by atoms with E-state index >= 15 is 0 Å². The maximum Gasteiger partial charge on any atom is 0.313 e. The zero-order valence-electron chi connectivity index (χ0n) is 6.73. The lowest BCUT2D eigenvalue weighted by molar-refractivity contribution is -0.178. The van der Waals surface area contributed by atoms with Crippen molar-refractivity contribution >= 4 is 12.3 Å². The Morgan fingerprint density at radius 1 is 1.83 bits per heavy atom. The average Bonchev–Trinajstić information content (AvgIpc) is 2.02. The van der Waals surface area contributed by atoms with Gasteiger partial charge in [0.05, 0.1) is 25.9 Å². The first-order valence-electron chi connectivity index (χ1n) is 3.61. The number of ether oxygens (including phenoxy) is 2. The fourth-order valence-corrected chi connectivity index (χ4v) is 1.11. The number of esters is 1. The van der Waals surface area contributed by atoms with Gasteiger partial charge in [-0.3, -0.25) is 4.79 Å². The summed E-state index contributed by atoms with van der Waals surface area (Å²) in [5.74, 6) is -0.751. The minimum atomic E-state index is -0.733. The van der Waals surface area contributed by atoms with Gasteiger partial charge in [0.15, 0.2) is 0 Å². The van der Waals surface area contributed by atoms with Crippen molar-refractivity contribution in [1.29, 1.82) is 0 Å². The zero-order chi connectivity index (χ0) is 9.14. The van der Waals surface area contributed by atoms with Crippen LogP contribution >= 0.6 is 0 Å². The lowest BCUT2D eigenvalue weighted by atomic mass is 9.93. The van der Waals surface area contributed by atoms with Gasteiger partial charge in [-0.1, -0.05) is 0 Å². The van der Waals surface area contributed by atoms with Crippen LogP contribution < -0.4 is 5.73 Å². The molecule has 0 aromatic rings. The molecule has 0 radical (unpaired) electrons. The molecule has 0 amide bonds. The van der Waals surface area contributed by atoms with Crippen molar-refractivity contribution in [2.24, 2.45) is 11.7 Å². The van der Waals surface area contributed by atoms with Gasteiger partial charge in [0.2, 0.25) is 0 Å². The standard InChI is InChI=1S/C7H11NO4/c1-11-7(10)4-3-12-6(4)5(8)2-9/h2,4-6H,3,8H2,1H3. The van der Waals surface area contributed by atoms with Gasteiger partial charge in [-0.05, 0) is 0 Å². The fraction of sp³-hybridized carbons (Fsp3) is 0.714. The van der Waals surface area contributed by atoms with Crippen molar-refractivity contribution in [1.82, 2.24) is 0 Å². The van der Waals surface area contributed by atoms with Crippen LogP contribution in [0.15, 0.2) is 0 Å². The maximum atomic E-state index is 11.0. The molecule has 0 saturated carbocycles. The highest BCUT2D eigenvalue weighted by molar-refractivity contribution is 5.75. The van der Waals surface area contributed by atoms with Crippen LogP contribution in [0.3, 0.4) is 0 Å². The molecule has 1 heterocycles. The van der Waals surface area contributed by atoms with Crippen LogP contribution in [0.2, 0.25) is 0 Å². The molecule has 1 rings (SSSR count). The van der Waals surface area contributed by atoms with E-state index in [1.807, 2.05) is 0 Å². The fourth-order valence-electron chi connectivity index (χ4n) is 1.11. The summed E-state index contributed by atoms with van der Waals surface area (Å²) in [7, 11) is 1.30. The summed E-state index contributed by atoms with van der Waals surface area (Å²) in [6, 6.07) is -0.733. The van der Waals surface area contributed by atoms with Crippen molar-refractivity contribution in [3.63, 3.8) is 0 Å². The molecule has 1 saturated heterocycles. The molecule has 1 aliphatic heterocycles. The molecule has 0 bridgehead atoms. The van der Waals surface area contributed by atoms with Crippen LogP contribution in [-0.2, 0) is 19.1 Å². The van der Waals surface area contributed by atoms with Crippen molar-refractivity contribution < 1.29 is 19.1 Å². The third-order valence-electron chi connectivity index (χ3n) is 1.91. The van der Waals surface area contributed by atoms with Crippen LogP contribution in [-0.4, -0.2) is 38.1 Å². The summed E-state index contributed by atoms with van der Waals surface area (Å²) in [5, 5.41) is 0. The number of carbonyl (C=O) groups excluding carboxylic acids is 2. The van der Waals surface area contributed by atoms with Gasteiger partial charge < -0.3 is 20.0 Å². The lowest BCUT2D eigenvalue weighted by Crippen LogP contribution is -2.55. The largest absolute Gasteiger partial charge is 0.469 e. The van der Waals surface area contributed by atoms with Crippen LogP contribution in [0.1, 0.15) is 0 Å². The second-order valence-electron chi connectivity index (χ2n) is 2.64. The summed E-state index contributed by atoms with van der Waals surface area (Å²) in [5.41, 5.74) is 5.36. The SMILES string of the molecule is COC(=O)C1COC1C(N)C=O. The number of carbonyl (C=O) groups is 2. The quantitative estimate of drug-likeness (QED) is 0.424. The van der Waals surface area contributed by atoms with Gasteiger partial charge in [0, 0.05) is 0 Å². The Kier molecular flexibility index (Phi) is 2.78. The van der Waals surface area contributed by atoms with Gasteiger partial charge in [0.1, 0.15) is 12.2 Å². The number of rotatable bonds is 3. The van der Waals surface area contributed by atoms with Crippen LogP contribution in [0.4, 0.5) is 0 Å². The van der Waals surface area contributed by atoms with E-state index < -0.39 is 12.1 Å². The number of hydrogen-bond donors (Lipinski definition) is 1. The predicted octanol–water partition coefficient (Wildman–Crippen LogP) is -1.30. The second kappa shape index (κ2) is 3.64. The van der Waals surface area contributed by atoms with Crippen molar-refractivity contribution in [3.8, 4) is 0 Å². The summed E-state index contributed by atoms with van der Waals surface area (Å²) < 4.78 is 9.45. The molecule has 5 heteroatoms. The molecule has 1 aliphatic rings. The minimum Gasteiger partial charge on any atom is -0.469 e.